The number of ether oxygens (including phenoxy) is 2. The van der Waals surface area contributed by atoms with Gasteiger partial charge in [-0.25, -0.2) is 4.57 Å². The molecule has 0 rings (SSSR count). The Labute approximate surface area is 235 Å². The highest BCUT2D eigenvalue weighted by Gasteiger charge is 2.42. The van der Waals surface area contributed by atoms with Crippen molar-refractivity contribution in [1.29, 1.82) is 0 Å². The topological polar surface area (TPSA) is 141 Å². The third-order valence-corrected chi connectivity index (χ3v) is 17.2. The molecule has 0 radical (unpaired) electrons. The first kappa shape index (κ1) is 37.5. The maximum atomic E-state index is 12.9. The summed E-state index contributed by atoms with van der Waals surface area (Å²) in [5, 5.41) is -0.401. The molecule has 0 spiro atoms. The largest absolute Gasteiger partial charge is 0.469 e. The Bertz CT molecular complexity index is 850. The van der Waals surface area contributed by atoms with E-state index in [1.807, 2.05) is 67.7 Å². The van der Waals surface area contributed by atoms with Crippen molar-refractivity contribution in [2.75, 3.05) is 20.9 Å². The van der Waals surface area contributed by atoms with Crippen LogP contribution in [0.3, 0.4) is 0 Å². The monoisotopic (exact) mass is 612 g/mol. The average molecular weight is 613 g/mol. The van der Waals surface area contributed by atoms with Gasteiger partial charge in [-0.2, -0.15) is 0 Å². The van der Waals surface area contributed by atoms with Crippen LogP contribution < -0.4 is 0 Å². The van der Waals surface area contributed by atoms with Gasteiger partial charge in [-0.1, -0.05) is 41.5 Å². The van der Waals surface area contributed by atoms with Crippen LogP contribution >= 0.6 is 7.60 Å². The fraction of sp³-hybridized carbons (Fsp3) is 0.840. The Morgan fingerprint density at radius 2 is 0.872 bits per heavy atom. The van der Waals surface area contributed by atoms with Gasteiger partial charge >= 0.3 is 31.5 Å². The second-order valence-electron chi connectivity index (χ2n) is 12.7. The van der Waals surface area contributed by atoms with E-state index in [9.17, 15) is 23.7 Å². The highest BCUT2D eigenvalue weighted by atomic mass is 31.2. The van der Waals surface area contributed by atoms with Crippen LogP contribution in [0.15, 0.2) is 0 Å². The molecule has 0 aromatic carbocycles. The van der Waals surface area contributed by atoms with Crippen molar-refractivity contribution in [3.63, 3.8) is 0 Å². The molecule has 0 bridgehead atoms. The summed E-state index contributed by atoms with van der Waals surface area (Å²) in [5.41, 5.74) is 0. The van der Waals surface area contributed by atoms with Gasteiger partial charge in [0.2, 0.25) is 0 Å². The molecule has 0 N–H and O–H groups in total. The Balaban J connectivity index is 5.48. The molecule has 0 aromatic rings. The van der Waals surface area contributed by atoms with Crippen molar-refractivity contribution in [3.05, 3.63) is 0 Å². The van der Waals surface area contributed by atoms with Crippen LogP contribution in [-0.4, -0.2) is 73.6 Å². The zero-order valence-electron chi connectivity index (χ0n) is 25.9. The maximum absolute atomic E-state index is 12.9. The van der Waals surface area contributed by atoms with E-state index >= 15 is 0 Å². The van der Waals surface area contributed by atoms with E-state index in [1.54, 1.807) is 0 Å². The predicted octanol–water partition coefficient (Wildman–Crippen LogP) is 5.58. The molecule has 0 aromatic heterocycles. The summed E-state index contributed by atoms with van der Waals surface area (Å²) in [5.74, 6) is -3.05. The lowest BCUT2D eigenvalue weighted by Gasteiger charge is -2.39. The van der Waals surface area contributed by atoms with E-state index in [4.69, 9.17) is 27.4 Å². The molecule has 39 heavy (non-hydrogen) atoms. The number of methoxy groups -OCH3 is 2. The van der Waals surface area contributed by atoms with Crippen LogP contribution in [0, 0.1) is 0 Å². The summed E-state index contributed by atoms with van der Waals surface area (Å²) in [6.07, 6.45) is -2.93. The van der Waals surface area contributed by atoms with Crippen molar-refractivity contribution in [2.45, 2.75) is 116 Å². The standard InChI is InChI=1S/C25H49O11PSi2/c1-24(2,3)38(10,11)35-18(14-20(26)31-7)16-22(28)33-37(9,30)34-23(29)17-19(15-21(27)32-8)36-39(12,13)25(4,5)6/h18-19H,14-17H2,1-13H3. The SMILES string of the molecule is COC(=O)CC(CC(=O)OP(C)(=O)OC(=O)CC(CC(=O)OC)O[Si](C)(C)C(C)(C)C)O[Si](C)(C)C(C)(C)C. The van der Waals surface area contributed by atoms with Crippen molar-refractivity contribution < 1.29 is 51.1 Å². The summed E-state index contributed by atoms with van der Waals surface area (Å²) in [7, 11) is -6.50. The van der Waals surface area contributed by atoms with E-state index in [-0.39, 0.29) is 22.9 Å². The number of carbonyl (C=O) groups is 4. The van der Waals surface area contributed by atoms with Crippen LogP contribution in [0.25, 0.3) is 0 Å². The number of rotatable bonds is 14. The van der Waals surface area contributed by atoms with Gasteiger partial charge in [0.15, 0.2) is 16.6 Å². The van der Waals surface area contributed by atoms with Crippen molar-refractivity contribution >= 4 is 48.1 Å². The van der Waals surface area contributed by atoms with Crippen molar-refractivity contribution in [1.82, 2.24) is 0 Å². The Morgan fingerprint density at radius 3 is 1.10 bits per heavy atom. The van der Waals surface area contributed by atoms with Crippen LogP contribution in [0.1, 0.15) is 67.2 Å². The highest BCUT2D eigenvalue weighted by Crippen LogP contribution is 2.46. The molecule has 2 atom stereocenters. The lowest BCUT2D eigenvalue weighted by atomic mass is 10.2. The zero-order chi connectivity index (χ0) is 31.0. The van der Waals surface area contributed by atoms with E-state index in [0.717, 1.165) is 6.66 Å². The highest BCUT2D eigenvalue weighted by molar-refractivity contribution is 7.54. The van der Waals surface area contributed by atoms with Gasteiger partial charge in [0.25, 0.3) is 0 Å². The summed E-state index contributed by atoms with van der Waals surface area (Å²) in [6, 6.07) is 0. The number of hydrogen-bond donors (Lipinski definition) is 0. The smallest absolute Gasteiger partial charge is 0.431 e. The fourth-order valence-electron chi connectivity index (χ4n) is 2.87. The average Bonchev–Trinajstić information content (AvgIpc) is 2.69. The third-order valence-electron chi connectivity index (χ3n) is 7.10. The van der Waals surface area contributed by atoms with Gasteiger partial charge in [-0.05, 0) is 36.3 Å². The minimum atomic E-state index is -4.19. The van der Waals surface area contributed by atoms with Crippen LogP contribution in [0.4, 0.5) is 0 Å². The molecule has 0 aliphatic carbocycles. The van der Waals surface area contributed by atoms with Crippen LogP contribution in [-0.2, 0) is 51.1 Å². The van der Waals surface area contributed by atoms with Crippen molar-refractivity contribution in [2.24, 2.45) is 0 Å². The molecule has 0 saturated carbocycles. The Hall–Kier alpha value is -1.54. The fourth-order valence-corrected chi connectivity index (χ4v) is 6.50. The van der Waals surface area contributed by atoms with E-state index in [2.05, 4.69) is 0 Å². The van der Waals surface area contributed by atoms with Gasteiger partial charge in [0.05, 0.1) is 58.8 Å². The van der Waals surface area contributed by atoms with Gasteiger partial charge in [0.1, 0.15) is 0 Å². The number of carbonyl (C=O) groups excluding carboxylic acids is 4. The molecule has 228 valence electrons. The molecule has 11 nitrogen and oxygen atoms in total. The Morgan fingerprint density at radius 1 is 0.615 bits per heavy atom. The third kappa shape index (κ3) is 13.6. The minimum absolute atomic E-state index is 0.200. The molecule has 2 unspecified atom stereocenters. The second kappa shape index (κ2) is 14.4. The second-order valence-corrected chi connectivity index (χ2v) is 24.1. The quantitative estimate of drug-likeness (QED) is 0.138. The van der Waals surface area contributed by atoms with Gasteiger partial charge < -0.3 is 27.4 Å². The molecule has 0 aliphatic rings. The minimum Gasteiger partial charge on any atom is -0.469 e. The molecular formula is C25H49O11PSi2. The van der Waals surface area contributed by atoms with Crippen molar-refractivity contribution in [3.8, 4) is 0 Å². The van der Waals surface area contributed by atoms with E-state index in [1.165, 1.54) is 14.2 Å². The lowest BCUT2D eigenvalue weighted by Crippen LogP contribution is -2.45. The summed E-state index contributed by atoms with van der Waals surface area (Å²) in [4.78, 5) is 49.2. The number of hydrogen-bond acceptors (Lipinski definition) is 11. The van der Waals surface area contributed by atoms with Gasteiger partial charge in [-0.15, -0.1) is 0 Å². The Kier molecular flexibility index (Phi) is 13.8. The maximum Gasteiger partial charge on any atom is 0.431 e. The first-order valence-electron chi connectivity index (χ1n) is 12.9. The first-order chi connectivity index (χ1) is 17.4. The summed E-state index contributed by atoms with van der Waals surface area (Å²) >= 11 is 0. The summed E-state index contributed by atoms with van der Waals surface area (Å²) < 4.78 is 44.8. The van der Waals surface area contributed by atoms with Gasteiger partial charge in [-0.3, -0.25) is 19.2 Å². The molecule has 0 aliphatic heterocycles. The summed E-state index contributed by atoms with van der Waals surface area (Å²) in [6.45, 7) is 20.9. The van der Waals surface area contributed by atoms with Crippen LogP contribution in [0.2, 0.25) is 36.3 Å². The molecule has 0 fully saturated rings. The van der Waals surface area contributed by atoms with Crippen LogP contribution in [0.5, 0.6) is 0 Å². The lowest BCUT2D eigenvalue weighted by molar-refractivity contribution is -0.144. The normalized spacial score (nSPS) is 15.9. The molecule has 0 heterocycles. The van der Waals surface area contributed by atoms with E-state index < -0.39 is 73.2 Å². The van der Waals surface area contributed by atoms with Gasteiger partial charge in [0, 0.05) is 0 Å². The number of esters is 2. The molecule has 0 amide bonds. The van der Waals surface area contributed by atoms with E-state index in [0.29, 0.717) is 0 Å². The molecule has 0 saturated heterocycles. The predicted molar refractivity (Wildman–Crippen MR) is 152 cm³/mol. The molecule has 14 heteroatoms. The molecular weight excluding hydrogens is 563 g/mol. The zero-order valence-corrected chi connectivity index (χ0v) is 28.8. The first-order valence-corrected chi connectivity index (χ1v) is 20.7.